The SMILES string of the molecule is COC(=O)c1cc2sc(NC(=O)c3ccccc3-c3ccc(F)cc3)cc2oc1=O. The molecule has 0 unspecified atom stereocenters. The lowest BCUT2D eigenvalue weighted by molar-refractivity contribution is 0.0596. The van der Waals surface area contributed by atoms with Crippen LogP contribution in [0.15, 0.2) is 69.9 Å². The zero-order valence-electron chi connectivity index (χ0n) is 15.6. The molecule has 0 aliphatic rings. The van der Waals surface area contributed by atoms with Crippen LogP contribution in [0, 0.1) is 5.82 Å². The van der Waals surface area contributed by atoms with Gasteiger partial charge in [0.2, 0.25) is 0 Å². The molecule has 0 bridgehead atoms. The summed E-state index contributed by atoms with van der Waals surface area (Å²) in [6, 6.07) is 15.7. The van der Waals surface area contributed by atoms with Crippen LogP contribution >= 0.6 is 11.3 Å². The van der Waals surface area contributed by atoms with E-state index < -0.39 is 11.6 Å². The van der Waals surface area contributed by atoms with Crippen molar-refractivity contribution in [1.82, 2.24) is 0 Å². The maximum atomic E-state index is 13.2. The van der Waals surface area contributed by atoms with E-state index in [1.165, 1.54) is 31.4 Å². The lowest BCUT2D eigenvalue weighted by Gasteiger charge is -2.09. The summed E-state index contributed by atoms with van der Waals surface area (Å²) in [6.45, 7) is 0. The summed E-state index contributed by atoms with van der Waals surface area (Å²) < 4.78 is 23.5. The number of nitrogens with one attached hydrogen (secondary N) is 1. The molecular weight excluding hydrogens is 409 g/mol. The van der Waals surface area contributed by atoms with Gasteiger partial charge in [0.05, 0.1) is 16.8 Å². The van der Waals surface area contributed by atoms with E-state index in [-0.39, 0.29) is 22.9 Å². The van der Waals surface area contributed by atoms with Crippen LogP contribution in [0.4, 0.5) is 9.39 Å². The van der Waals surface area contributed by atoms with Gasteiger partial charge in [-0.15, -0.1) is 11.3 Å². The fourth-order valence-electron chi connectivity index (χ4n) is 2.97. The molecule has 0 spiro atoms. The van der Waals surface area contributed by atoms with Crippen LogP contribution in [0.5, 0.6) is 0 Å². The number of anilines is 1. The molecule has 6 nitrogen and oxygen atoms in total. The monoisotopic (exact) mass is 423 g/mol. The zero-order chi connectivity index (χ0) is 21.3. The quantitative estimate of drug-likeness (QED) is 0.481. The van der Waals surface area contributed by atoms with Crippen molar-refractivity contribution in [2.45, 2.75) is 0 Å². The van der Waals surface area contributed by atoms with Crippen LogP contribution in [0.1, 0.15) is 20.7 Å². The maximum absolute atomic E-state index is 13.2. The van der Waals surface area contributed by atoms with Crippen LogP contribution in [0.25, 0.3) is 21.4 Å². The highest BCUT2D eigenvalue weighted by Crippen LogP contribution is 2.31. The van der Waals surface area contributed by atoms with Crippen molar-refractivity contribution in [2.75, 3.05) is 12.4 Å². The highest BCUT2D eigenvalue weighted by atomic mass is 32.1. The molecule has 2 heterocycles. The third-order valence-electron chi connectivity index (χ3n) is 4.39. The smallest absolute Gasteiger partial charge is 0.351 e. The lowest BCUT2D eigenvalue weighted by atomic mass is 9.99. The Hall–Kier alpha value is -3.78. The number of rotatable bonds is 4. The molecule has 4 aromatic rings. The Kier molecular flexibility index (Phi) is 5.16. The average Bonchev–Trinajstić information content (AvgIpc) is 3.14. The summed E-state index contributed by atoms with van der Waals surface area (Å²) in [5.74, 6) is -1.53. The normalized spacial score (nSPS) is 10.7. The minimum atomic E-state index is -0.813. The Morgan fingerprint density at radius 3 is 2.50 bits per heavy atom. The van der Waals surface area contributed by atoms with Gasteiger partial charge in [-0.3, -0.25) is 4.79 Å². The van der Waals surface area contributed by atoms with Crippen molar-refractivity contribution in [3.05, 3.63) is 88.0 Å². The van der Waals surface area contributed by atoms with Gasteiger partial charge < -0.3 is 14.5 Å². The number of carbonyl (C=O) groups excluding carboxylic acids is 2. The molecule has 0 fully saturated rings. The molecule has 2 aromatic heterocycles. The number of methoxy groups -OCH3 is 1. The Balaban J connectivity index is 1.66. The largest absolute Gasteiger partial charge is 0.465 e. The van der Waals surface area contributed by atoms with Crippen molar-refractivity contribution >= 4 is 38.5 Å². The number of benzene rings is 2. The third kappa shape index (κ3) is 3.72. The average molecular weight is 423 g/mol. The number of halogens is 1. The van der Waals surface area contributed by atoms with Crippen molar-refractivity contribution < 1.29 is 23.1 Å². The predicted molar refractivity (Wildman–Crippen MR) is 111 cm³/mol. The van der Waals surface area contributed by atoms with Gasteiger partial charge in [0.1, 0.15) is 11.4 Å². The molecule has 2 aromatic carbocycles. The molecule has 1 amide bonds. The van der Waals surface area contributed by atoms with E-state index in [1.807, 2.05) is 0 Å². The number of amides is 1. The van der Waals surface area contributed by atoms with Gasteiger partial charge >= 0.3 is 11.6 Å². The summed E-state index contributed by atoms with van der Waals surface area (Å²) in [4.78, 5) is 36.5. The molecule has 0 radical (unpaired) electrons. The zero-order valence-corrected chi connectivity index (χ0v) is 16.4. The number of thiophene rings is 1. The van der Waals surface area contributed by atoms with Crippen LogP contribution < -0.4 is 10.9 Å². The van der Waals surface area contributed by atoms with E-state index in [9.17, 15) is 18.8 Å². The van der Waals surface area contributed by atoms with E-state index in [1.54, 1.807) is 36.4 Å². The number of ether oxygens (including phenoxy) is 1. The van der Waals surface area contributed by atoms with Gasteiger partial charge in [-0.25, -0.2) is 14.0 Å². The van der Waals surface area contributed by atoms with Gasteiger partial charge in [0, 0.05) is 11.6 Å². The molecule has 0 aliphatic heterocycles. The number of hydrogen-bond donors (Lipinski definition) is 1. The fourth-order valence-corrected chi connectivity index (χ4v) is 3.89. The van der Waals surface area contributed by atoms with E-state index in [4.69, 9.17) is 4.42 Å². The molecule has 30 heavy (non-hydrogen) atoms. The first-order valence-electron chi connectivity index (χ1n) is 8.78. The third-order valence-corrected chi connectivity index (χ3v) is 5.37. The molecular formula is C22H14FNO5S. The topological polar surface area (TPSA) is 85.6 Å². The van der Waals surface area contributed by atoms with E-state index in [0.29, 0.717) is 26.4 Å². The first-order chi connectivity index (χ1) is 14.5. The fraction of sp³-hybridized carbons (Fsp3) is 0.0455. The molecule has 0 saturated heterocycles. The van der Waals surface area contributed by atoms with Crippen molar-refractivity contribution in [2.24, 2.45) is 0 Å². The highest BCUT2D eigenvalue weighted by Gasteiger charge is 2.18. The summed E-state index contributed by atoms with van der Waals surface area (Å²) in [7, 11) is 1.17. The van der Waals surface area contributed by atoms with Gasteiger partial charge in [0.25, 0.3) is 5.91 Å². The van der Waals surface area contributed by atoms with E-state index in [0.717, 1.165) is 11.3 Å². The maximum Gasteiger partial charge on any atom is 0.351 e. The van der Waals surface area contributed by atoms with Crippen LogP contribution in [0.3, 0.4) is 0 Å². The molecule has 0 saturated carbocycles. The summed E-state index contributed by atoms with van der Waals surface area (Å²) in [6.07, 6.45) is 0. The van der Waals surface area contributed by atoms with Gasteiger partial charge in [-0.1, -0.05) is 30.3 Å². The minimum absolute atomic E-state index is 0.216. The number of fused-ring (bicyclic) bond motifs is 1. The molecule has 150 valence electrons. The van der Waals surface area contributed by atoms with E-state index in [2.05, 4.69) is 10.1 Å². The lowest BCUT2D eigenvalue weighted by Crippen LogP contribution is -2.14. The molecule has 0 atom stereocenters. The number of hydrogen-bond acceptors (Lipinski definition) is 6. The van der Waals surface area contributed by atoms with Crippen molar-refractivity contribution in [3.8, 4) is 11.1 Å². The molecule has 0 aliphatic carbocycles. The van der Waals surface area contributed by atoms with Gasteiger partial charge in [0.15, 0.2) is 5.58 Å². The Bertz CT molecular complexity index is 1320. The molecule has 1 N–H and O–H groups in total. The summed E-state index contributed by atoms with van der Waals surface area (Å²) in [5, 5.41) is 3.22. The predicted octanol–water partition coefficient (Wildman–Crippen LogP) is 4.70. The Morgan fingerprint density at radius 1 is 1.03 bits per heavy atom. The number of esters is 1. The molecule has 4 rings (SSSR count). The van der Waals surface area contributed by atoms with E-state index >= 15 is 0 Å². The van der Waals surface area contributed by atoms with Crippen LogP contribution in [-0.4, -0.2) is 19.0 Å². The van der Waals surface area contributed by atoms with Crippen molar-refractivity contribution in [3.63, 3.8) is 0 Å². The van der Waals surface area contributed by atoms with Crippen LogP contribution in [-0.2, 0) is 4.74 Å². The molecule has 8 heteroatoms. The summed E-state index contributed by atoms with van der Waals surface area (Å²) >= 11 is 1.15. The van der Waals surface area contributed by atoms with Crippen molar-refractivity contribution in [1.29, 1.82) is 0 Å². The summed E-state index contributed by atoms with van der Waals surface area (Å²) in [5.41, 5.74) is 0.971. The highest BCUT2D eigenvalue weighted by molar-refractivity contribution is 7.22. The minimum Gasteiger partial charge on any atom is -0.465 e. The Labute approximate surface area is 173 Å². The first kappa shape index (κ1) is 19.5. The second-order valence-electron chi connectivity index (χ2n) is 6.28. The Morgan fingerprint density at radius 2 is 1.77 bits per heavy atom. The second-order valence-corrected chi connectivity index (χ2v) is 7.37. The van der Waals surface area contributed by atoms with Crippen LogP contribution in [0.2, 0.25) is 0 Å². The first-order valence-corrected chi connectivity index (χ1v) is 9.60. The second kappa shape index (κ2) is 7.92. The standard InChI is InChI=1S/C22H14FNO5S/c1-28-21(26)16-10-18-17(29-22(16)27)11-19(30-18)24-20(25)15-5-3-2-4-14(15)12-6-8-13(23)9-7-12/h2-11H,1H3,(H,24,25). The van der Waals surface area contributed by atoms with Gasteiger partial charge in [-0.05, 0) is 35.4 Å². The van der Waals surface area contributed by atoms with Gasteiger partial charge in [-0.2, -0.15) is 0 Å². The number of carbonyl (C=O) groups is 2.